The van der Waals surface area contributed by atoms with Crippen molar-refractivity contribution in [2.75, 3.05) is 23.5 Å². The maximum absolute atomic E-state index is 5.72. The summed E-state index contributed by atoms with van der Waals surface area (Å²) in [4.78, 5) is 11.3. The number of aromatic nitrogens is 2. The van der Waals surface area contributed by atoms with Gasteiger partial charge in [-0.2, -0.15) is 0 Å². The van der Waals surface area contributed by atoms with Crippen LogP contribution in [0.25, 0.3) is 0 Å². The minimum absolute atomic E-state index is 0.220. The topological polar surface area (TPSA) is 76.3 Å². The van der Waals surface area contributed by atoms with Crippen LogP contribution < -0.4 is 16.2 Å². The van der Waals surface area contributed by atoms with E-state index in [1.807, 2.05) is 13.0 Å². The lowest BCUT2D eigenvalue weighted by Gasteiger charge is -2.39. The lowest BCUT2D eigenvalue weighted by Crippen LogP contribution is -2.49. The molecule has 2 unspecified atom stereocenters. The van der Waals surface area contributed by atoms with Crippen molar-refractivity contribution in [2.45, 2.75) is 45.8 Å². The average molecular weight is 265 g/mol. The van der Waals surface area contributed by atoms with Gasteiger partial charge in [0.2, 0.25) is 0 Å². The first kappa shape index (κ1) is 14.0. The molecule has 1 fully saturated rings. The minimum Gasteiger partial charge on any atom is -0.375 e. The van der Waals surface area contributed by atoms with Crippen LogP contribution in [0.4, 0.5) is 11.6 Å². The highest BCUT2D eigenvalue weighted by atomic mass is 16.5. The van der Waals surface area contributed by atoms with Crippen LogP contribution in [0.1, 0.15) is 33.0 Å². The Hall–Kier alpha value is -1.40. The number of anilines is 2. The Kier molecular flexibility index (Phi) is 4.55. The standard InChI is InChI=1S/C13H23N5O/c1-4-10-8-19-9(3)7-18(10)13-6-12(17-14)15-11(5-2)16-13/h6,9-10H,4-5,7-8,14H2,1-3H3,(H,15,16,17). The highest BCUT2D eigenvalue weighted by Gasteiger charge is 2.27. The predicted octanol–water partition coefficient (Wildman–Crippen LogP) is 1.33. The Balaban J connectivity index is 2.31. The van der Waals surface area contributed by atoms with Gasteiger partial charge in [0, 0.05) is 19.0 Å². The molecule has 2 heterocycles. The van der Waals surface area contributed by atoms with Crippen molar-refractivity contribution < 1.29 is 4.74 Å². The van der Waals surface area contributed by atoms with E-state index in [9.17, 15) is 0 Å². The molecule has 1 aromatic heterocycles. The third-order valence-corrected chi connectivity index (χ3v) is 3.46. The summed E-state index contributed by atoms with van der Waals surface area (Å²) in [7, 11) is 0. The smallest absolute Gasteiger partial charge is 0.145 e. The Morgan fingerprint density at radius 2 is 2.26 bits per heavy atom. The number of hydrogen-bond acceptors (Lipinski definition) is 6. The Morgan fingerprint density at radius 1 is 1.47 bits per heavy atom. The summed E-state index contributed by atoms with van der Waals surface area (Å²) in [5.41, 5.74) is 2.62. The van der Waals surface area contributed by atoms with E-state index < -0.39 is 0 Å². The molecule has 6 nitrogen and oxygen atoms in total. The van der Waals surface area contributed by atoms with Gasteiger partial charge in [-0.3, -0.25) is 0 Å². The normalized spacial score (nSPS) is 23.5. The van der Waals surface area contributed by atoms with E-state index in [-0.39, 0.29) is 6.10 Å². The summed E-state index contributed by atoms with van der Waals surface area (Å²) in [5.74, 6) is 7.88. The SMILES string of the molecule is CCc1nc(NN)cc(N2CC(C)OCC2CC)n1. The zero-order chi connectivity index (χ0) is 13.8. The van der Waals surface area contributed by atoms with E-state index in [1.54, 1.807) is 0 Å². The Morgan fingerprint density at radius 3 is 2.89 bits per heavy atom. The van der Waals surface area contributed by atoms with Crippen molar-refractivity contribution >= 4 is 11.6 Å². The van der Waals surface area contributed by atoms with Crippen molar-refractivity contribution in [3.05, 3.63) is 11.9 Å². The number of nitrogens with zero attached hydrogens (tertiary/aromatic N) is 3. The summed E-state index contributed by atoms with van der Waals surface area (Å²) in [6, 6.07) is 2.27. The van der Waals surface area contributed by atoms with E-state index in [4.69, 9.17) is 10.6 Å². The molecule has 1 aliphatic heterocycles. The van der Waals surface area contributed by atoms with E-state index >= 15 is 0 Å². The van der Waals surface area contributed by atoms with Gasteiger partial charge in [0.15, 0.2) is 0 Å². The first-order valence-electron chi connectivity index (χ1n) is 6.90. The fourth-order valence-corrected chi connectivity index (χ4v) is 2.33. The highest BCUT2D eigenvalue weighted by Crippen LogP contribution is 2.23. The van der Waals surface area contributed by atoms with Crippen molar-refractivity contribution in [3.8, 4) is 0 Å². The average Bonchev–Trinajstić information content (AvgIpc) is 2.46. The second kappa shape index (κ2) is 6.16. The number of ether oxygens (including phenoxy) is 1. The third kappa shape index (κ3) is 3.13. The largest absolute Gasteiger partial charge is 0.375 e. The fourth-order valence-electron chi connectivity index (χ4n) is 2.33. The van der Waals surface area contributed by atoms with E-state index in [2.05, 4.69) is 34.1 Å². The van der Waals surface area contributed by atoms with E-state index in [0.717, 1.165) is 37.6 Å². The summed E-state index contributed by atoms with van der Waals surface area (Å²) >= 11 is 0. The molecule has 1 aliphatic rings. The maximum Gasteiger partial charge on any atom is 0.145 e. The van der Waals surface area contributed by atoms with Gasteiger partial charge in [-0.15, -0.1) is 0 Å². The molecule has 1 saturated heterocycles. The van der Waals surface area contributed by atoms with Crippen molar-refractivity contribution in [1.29, 1.82) is 0 Å². The molecular weight excluding hydrogens is 242 g/mol. The number of hydrogen-bond donors (Lipinski definition) is 2. The van der Waals surface area contributed by atoms with Gasteiger partial charge in [0.25, 0.3) is 0 Å². The van der Waals surface area contributed by atoms with Crippen molar-refractivity contribution in [2.24, 2.45) is 5.84 Å². The molecule has 2 rings (SSSR count). The molecule has 1 aromatic rings. The highest BCUT2D eigenvalue weighted by molar-refractivity contribution is 5.50. The van der Waals surface area contributed by atoms with Crippen LogP contribution in [0.15, 0.2) is 6.07 Å². The van der Waals surface area contributed by atoms with Crippen molar-refractivity contribution in [3.63, 3.8) is 0 Å². The monoisotopic (exact) mass is 265 g/mol. The molecule has 0 spiro atoms. The van der Waals surface area contributed by atoms with Crippen LogP contribution in [0.3, 0.4) is 0 Å². The van der Waals surface area contributed by atoms with Gasteiger partial charge < -0.3 is 15.1 Å². The molecule has 0 bridgehead atoms. The second-order valence-electron chi connectivity index (χ2n) is 4.88. The molecule has 0 aromatic carbocycles. The molecule has 3 N–H and O–H groups in total. The molecule has 0 aliphatic carbocycles. The summed E-state index contributed by atoms with van der Waals surface area (Å²) in [6.45, 7) is 7.89. The van der Waals surface area contributed by atoms with Gasteiger partial charge in [0.05, 0.1) is 18.8 Å². The van der Waals surface area contributed by atoms with Crippen LogP contribution in [0, 0.1) is 0 Å². The number of rotatable bonds is 4. The van der Waals surface area contributed by atoms with E-state index in [1.165, 1.54) is 0 Å². The lowest BCUT2D eigenvalue weighted by molar-refractivity contribution is 0.0296. The number of nitrogens with two attached hydrogens (primary N) is 1. The van der Waals surface area contributed by atoms with Gasteiger partial charge in [-0.05, 0) is 13.3 Å². The third-order valence-electron chi connectivity index (χ3n) is 3.46. The molecular formula is C13H23N5O. The molecule has 0 radical (unpaired) electrons. The Labute approximate surface area is 114 Å². The maximum atomic E-state index is 5.72. The second-order valence-corrected chi connectivity index (χ2v) is 4.88. The molecule has 0 saturated carbocycles. The number of morpholine rings is 1. The van der Waals surface area contributed by atoms with Gasteiger partial charge in [-0.1, -0.05) is 13.8 Å². The van der Waals surface area contributed by atoms with Crippen LogP contribution in [-0.4, -0.2) is 35.3 Å². The zero-order valence-corrected chi connectivity index (χ0v) is 11.9. The van der Waals surface area contributed by atoms with Gasteiger partial charge in [-0.25, -0.2) is 15.8 Å². The van der Waals surface area contributed by atoms with E-state index in [0.29, 0.717) is 11.9 Å². The van der Waals surface area contributed by atoms with Crippen LogP contribution in [0.5, 0.6) is 0 Å². The van der Waals surface area contributed by atoms with Crippen LogP contribution >= 0.6 is 0 Å². The number of nitrogens with one attached hydrogen (secondary N) is 1. The summed E-state index contributed by atoms with van der Waals surface area (Å²) < 4.78 is 5.72. The zero-order valence-electron chi connectivity index (χ0n) is 11.9. The predicted molar refractivity (Wildman–Crippen MR) is 76.1 cm³/mol. The number of nitrogen functional groups attached to an aromatic ring is 1. The molecule has 0 amide bonds. The molecule has 2 atom stereocenters. The van der Waals surface area contributed by atoms with Gasteiger partial charge >= 0.3 is 0 Å². The van der Waals surface area contributed by atoms with Crippen LogP contribution in [-0.2, 0) is 11.2 Å². The van der Waals surface area contributed by atoms with Gasteiger partial charge in [0.1, 0.15) is 17.5 Å². The fraction of sp³-hybridized carbons (Fsp3) is 0.692. The van der Waals surface area contributed by atoms with Crippen molar-refractivity contribution in [1.82, 2.24) is 9.97 Å². The lowest BCUT2D eigenvalue weighted by atomic mass is 10.1. The summed E-state index contributed by atoms with van der Waals surface area (Å²) in [6.07, 6.45) is 2.04. The number of aryl methyl sites for hydroxylation is 1. The summed E-state index contributed by atoms with van der Waals surface area (Å²) in [5, 5.41) is 0. The first-order valence-corrected chi connectivity index (χ1v) is 6.90. The Bertz CT molecular complexity index is 403. The molecule has 19 heavy (non-hydrogen) atoms. The molecule has 106 valence electrons. The molecule has 6 heteroatoms. The van der Waals surface area contributed by atoms with Crippen LogP contribution in [0.2, 0.25) is 0 Å². The first-order chi connectivity index (χ1) is 9.17. The minimum atomic E-state index is 0.220. The number of hydrazine groups is 1. The quantitative estimate of drug-likeness (QED) is 0.632.